The van der Waals surface area contributed by atoms with E-state index in [0.29, 0.717) is 17.3 Å². The molecule has 3 aromatic carbocycles. The summed E-state index contributed by atoms with van der Waals surface area (Å²) in [5.41, 5.74) is 2.74. The summed E-state index contributed by atoms with van der Waals surface area (Å²) in [5.74, 6) is 0.913. The van der Waals surface area contributed by atoms with Gasteiger partial charge in [-0.2, -0.15) is 0 Å². The Bertz CT molecular complexity index is 1300. The molecule has 1 saturated heterocycles. The smallest absolute Gasteiger partial charge is 0.242 e. The standard InChI is InChI=1S/C27H27N3O3/c1-33-21-13-11-20(12-14-21)28-15-6-16-29(18-17-28)26(31)19-30-24-9-4-2-7-22(24)27(32)23-8-3-5-10-25(23)30/h2-5,7-14H,6,15-19H2,1H3. The number of fused-ring (bicyclic) bond motifs is 2. The van der Waals surface area contributed by atoms with Gasteiger partial charge in [-0.15, -0.1) is 0 Å². The molecule has 1 fully saturated rings. The van der Waals surface area contributed by atoms with Crippen molar-refractivity contribution in [2.24, 2.45) is 0 Å². The average Bonchev–Trinajstić information content (AvgIpc) is 3.13. The van der Waals surface area contributed by atoms with Crippen LogP contribution < -0.4 is 15.1 Å². The van der Waals surface area contributed by atoms with Gasteiger partial charge in [0, 0.05) is 42.6 Å². The van der Waals surface area contributed by atoms with E-state index in [2.05, 4.69) is 17.0 Å². The van der Waals surface area contributed by atoms with Crippen molar-refractivity contribution in [2.45, 2.75) is 13.0 Å². The molecular weight excluding hydrogens is 414 g/mol. The second-order valence-corrected chi connectivity index (χ2v) is 8.37. The summed E-state index contributed by atoms with van der Waals surface area (Å²) < 4.78 is 7.25. The Labute approximate surface area is 192 Å². The minimum atomic E-state index is 0.00908. The van der Waals surface area contributed by atoms with E-state index in [1.165, 1.54) is 0 Å². The SMILES string of the molecule is COc1ccc(N2CCCN(C(=O)Cn3c4ccccc4c(=O)c4ccccc43)CC2)cc1. The highest BCUT2D eigenvalue weighted by molar-refractivity contribution is 5.94. The largest absolute Gasteiger partial charge is 0.497 e. The third-order valence-corrected chi connectivity index (χ3v) is 6.46. The van der Waals surface area contributed by atoms with Crippen LogP contribution in [0.1, 0.15) is 6.42 Å². The van der Waals surface area contributed by atoms with Crippen molar-refractivity contribution >= 4 is 33.4 Å². The van der Waals surface area contributed by atoms with E-state index in [1.54, 1.807) is 7.11 Å². The topological polar surface area (TPSA) is 54.8 Å². The first-order valence-corrected chi connectivity index (χ1v) is 11.3. The molecule has 2 heterocycles. The Morgan fingerprint density at radius 3 is 2.09 bits per heavy atom. The summed E-state index contributed by atoms with van der Waals surface area (Å²) in [5, 5.41) is 1.29. The van der Waals surface area contributed by atoms with Crippen LogP contribution in [-0.4, -0.2) is 48.7 Å². The molecule has 0 unspecified atom stereocenters. The van der Waals surface area contributed by atoms with Gasteiger partial charge < -0.3 is 19.1 Å². The molecule has 6 heteroatoms. The van der Waals surface area contributed by atoms with Crippen LogP contribution in [0.25, 0.3) is 21.8 Å². The first-order valence-electron chi connectivity index (χ1n) is 11.3. The molecule has 0 N–H and O–H groups in total. The molecule has 4 aromatic rings. The van der Waals surface area contributed by atoms with Gasteiger partial charge in [0.2, 0.25) is 5.91 Å². The van der Waals surface area contributed by atoms with Gasteiger partial charge in [-0.25, -0.2) is 0 Å². The summed E-state index contributed by atoms with van der Waals surface area (Å²) in [4.78, 5) is 30.6. The summed E-state index contributed by atoms with van der Waals surface area (Å²) in [6.07, 6.45) is 0.906. The lowest BCUT2D eigenvalue weighted by Crippen LogP contribution is -2.37. The Morgan fingerprint density at radius 2 is 1.45 bits per heavy atom. The van der Waals surface area contributed by atoms with E-state index < -0.39 is 0 Å². The molecule has 0 spiro atoms. The van der Waals surface area contributed by atoms with Gasteiger partial charge in [-0.1, -0.05) is 24.3 Å². The van der Waals surface area contributed by atoms with Crippen molar-refractivity contribution in [3.63, 3.8) is 0 Å². The normalized spacial score (nSPS) is 14.5. The highest BCUT2D eigenvalue weighted by Gasteiger charge is 2.21. The summed E-state index contributed by atoms with van der Waals surface area (Å²) >= 11 is 0. The number of ether oxygens (including phenoxy) is 1. The second kappa shape index (κ2) is 8.98. The molecule has 1 aliphatic rings. The quantitative estimate of drug-likeness (QED) is 0.451. The van der Waals surface area contributed by atoms with Crippen LogP contribution in [0.3, 0.4) is 0 Å². The fraction of sp³-hybridized carbons (Fsp3) is 0.259. The van der Waals surface area contributed by atoms with Crippen LogP contribution in [0.4, 0.5) is 5.69 Å². The molecule has 1 aromatic heterocycles. The van der Waals surface area contributed by atoms with E-state index in [-0.39, 0.29) is 17.9 Å². The number of carbonyl (C=O) groups excluding carboxylic acids is 1. The van der Waals surface area contributed by atoms with Crippen LogP contribution >= 0.6 is 0 Å². The molecule has 0 bridgehead atoms. The van der Waals surface area contributed by atoms with E-state index >= 15 is 0 Å². The minimum absolute atomic E-state index is 0.00908. The monoisotopic (exact) mass is 441 g/mol. The number of rotatable bonds is 4. The molecule has 33 heavy (non-hydrogen) atoms. The Balaban J connectivity index is 1.39. The fourth-order valence-corrected chi connectivity index (χ4v) is 4.70. The Morgan fingerprint density at radius 1 is 0.818 bits per heavy atom. The van der Waals surface area contributed by atoms with E-state index in [4.69, 9.17) is 4.74 Å². The van der Waals surface area contributed by atoms with Crippen molar-refractivity contribution in [2.75, 3.05) is 38.2 Å². The number of benzene rings is 3. The Kier molecular flexibility index (Phi) is 5.73. The van der Waals surface area contributed by atoms with Crippen molar-refractivity contribution in [3.05, 3.63) is 83.0 Å². The van der Waals surface area contributed by atoms with Crippen LogP contribution in [0.2, 0.25) is 0 Å². The molecule has 0 saturated carbocycles. The third-order valence-electron chi connectivity index (χ3n) is 6.46. The number of hydrogen-bond acceptors (Lipinski definition) is 4. The van der Waals surface area contributed by atoms with Gasteiger partial charge in [0.15, 0.2) is 5.43 Å². The number of anilines is 1. The molecule has 5 rings (SSSR count). The lowest BCUT2D eigenvalue weighted by atomic mass is 10.1. The van der Waals surface area contributed by atoms with Crippen molar-refractivity contribution in [1.82, 2.24) is 9.47 Å². The van der Waals surface area contributed by atoms with Gasteiger partial charge >= 0.3 is 0 Å². The summed E-state index contributed by atoms with van der Waals surface area (Å²) in [6, 6.07) is 23.1. The van der Waals surface area contributed by atoms with Crippen molar-refractivity contribution in [3.8, 4) is 5.75 Å². The number of para-hydroxylation sites is 2. The minimum Gasteiger partial charge on any atom is -0.497 e. The number of amides is 1. The van der Waals surface area contributed by atoms with E-state index in [1.807, 2.05) is 70.1 Å². The predicted molar refractivity (Wildman–Crippen MR) is 132 cm³/mol. The predicted octanol–water partition coefficient (Wildman–Crippen LogP) is 3.90. The average molecular weight is 442 g/mol. The van der Waals surface area contributed by atoms with Gasteiger partial charge in [0.05, 0.1) is 18.1 Å². The molecule has 1 aliphatic heterocycles. The maximum Gasteiger partial charge on any atom is 0.242 e. The number of hydrogen-bond donors (Lipinski definition) is 0. The number of aromatic nitrogens is 1. The zero-order valence-electron chi connectivity index (χ0n) is 18.7. The van der Waals surface area contributed by atoms with Gasteiger partial charge in [-0.05, 0) is 55.0 Å². The highest BCUT2D eigenvalue weighted by Crippen LogP contribution is 2.22. The molecule has 6 nitrogen and oxygen atoms in total. The molecule has 1 amide bonds. The van der Waals surface area contributed by atoms with Crippen molar-refractivity contribution < 1.29 is 9.53 Å². The Hall–Kier alpha value is -3.80. The summed E-state index contributed by atoms with van der Waals surface area (Å²) in [7, 11) is 1.67. The maximum atomic E-state index is 13.4. The first kappa shape index (κ1) is 21.1. The zero-order chi connectivity index (χ0) is 22.8. The molecule has 168 valence electrons. The molecule has 0 aliphatic carbocycles. The number of nitrogens with zero attached hydrogens (tertiary/aromatic N) is 3. The first-order chi connectivity index (χ1) is 16.2. The van der Waals surface area contributed by atoms with Crippen LogP contribution in [0.5, 0.6) is 5.75 Å². The van der Waals surface area contributed by atoms with Gasteiger partial charge in [-0.3, -0.25) is 9.59 Å². The number of carbonyl (C=O) groups is 1. The fourth-order valence-electron chi connectivity index (χ4n) is 4.70. The van der Waals surface area contributed by atoms with Crippen LogP contribution in [0.15, 0.2) is 77.6 Å². The molecular formula is C27H27N3O3. The lowest BCUT2D eigenvalue weighted by molar-refractivity contribution is -0.131. The van der Waals surface area contributed by atoms with Crippen LogP contribution in [-0.2, 0) is 11.3 Å². The zero-order valence-corrected chi connectivity index (χ0v) is 18.7. The van der Waals surface area contributed by atoms with E-state index in [9.17, 15) is 9.59 Å². The number of pyridine rings is 1. The van der Waals surface area contributed by atoms with Gasteiger partial charge in [0.25, 0.3) is 0 Å². The number of methoxy groups -OCH3 is 1. The van der Waals surface area contributed by atoms with Crippen molar-refractivity contribution in [1.29, 1.82) is 0 Å². The lowest BCUT2D eigenvalue weighted by Gasteiger charge is -2.24. The molecule has 0 radical (unpaired) electrons. The summed E-state index contributed by atoms with van der Waals surface area (Å²) in [6.45, 7) is 3.29. The highest BCUT2D eigenvalue weighted by atomic mass is 16.5. The maximum absolute atomic E-state index is 13.4. The third kappa shape index (κ3) is 4.04. The van der Waals surface area contributed by atoms with E-state index in [0.717, 1.165) is 48.5 Å². The second-order valence-electron chi connectivity index (χ2n) is 8.37. The molecule has 0 atom stereocenters. The van der Waals surface area contributed by atoms with Crippen LogP contribution in [0, 0.1) is 0 Å². The van der Waals surface area contributed by atoms with Gasteiger partial charge in [0.1, 0.15) is 12.3 Å².